The van der Waals surface area contributed by atoms with Crippen LogP contribution in [0.15, 0.2) is 71.5 Å². The Bertz CT molecular complexity index is 1900. The average Bonchev–Trinajstić information content (AvgIpc) is 3.55. The number of nitrogens with zero attached hydrogens (tertiary/aromatic N) is 4. The summed E-state index contributed by atoms with van der Waals surface area (Å²) in [4.78, 5) is 59.8. The Balaban J connectivity index is 1.49. The number of aromatic nitrogens is 2. The highest BCUT2D eigenvalue weighted by atomic mass is 16.6. The van der Waals surface area contributed by atoms with E-state index in [1.165, 1.54) is 25.3 Å². The number of hydrogen-bond acceptors (Lipinski definition) is 8. The van der Waals surface area contributed by atoms with Crippen molar-refractivity contribution in [2.45, 2.75) is 31.8 Å². The van der Waals surface area contributed by atoms with Gasteiger partial charge in [-0.05, 0) is 36.6 Å². The third-order valence-electron chi connectivity index (χ3n) is 8.70. The number of ether oxygens (including phenoxy) is 1. The molecular formula is C31H27N5O6. The molecule has 1 aromatic heterocycles. The highest BCUT2D eigenvalue weighted by Crippen LogP contribution is 2.56. The topological polar surface area (TPSA) is 137 Å². The van der Waals surface area contributed by atoms with Crippen LogP contribution < -0.4 is 20.5 Å². The summed E-state index contributed by atoms with van der Waals surface area (Å²) in [5, 5.41) is 15.5. The number of methoxy groups -OCH3 is 1. The minimum atomic E-state index is -1.26. The summed E-state index contributed by atoms with van der Waals surface area (Å²) < 4.78 is 6.99. The van der Waals surface area contributed by atoms with Gasteiger partial charge in [0, 0.05) is 17.7 Å². The van der Waals surface area contributed by atoms with Crippen LogP contribution in [-0.4, -0.2) is 39.4 Å². The molecule has 11 nitrogen and oxygen atoms in total. The van der Waals surface area contributed by atoms with Crippen molar-refractivity contribution in [3.8, 4) is 11.4 Å². The molecule has 11 heteroatoms. The summed E-state index contributed by atoms with van der Waals surface area (Å²) in [6.07, 6.45) is 0.590. The molecule has 0 saturated carbocycles. The lowest BCUT2D eigenvalue weighted by Gasteiger charge is -2.32. The van der Waals surface area contributed by atoms with Gasteiger partial charge < -0.3 is 4.74 Å². The molecule has 7 rings (SSSR count). The molecule has 4 aromatic rings. The zero-order valence-electron chi connectivity index (χ0n) is 23.1. The molecule has 42 heavy (non-hydrogen) atoms. The van der Waals surface area contributed by atoms with Crippen LogP contribution in [0.5, 0.6) is 5.75 Å². The van der Waals surface area contributed by atoms with Gasteiger partial charge in [-0.15, -0.1) is 0 Å². The zero-order chi connectivity index (χ0) is 29.5. The first-order valence-electron chi connectivity index (χ1n) is 13.8. The van der Waals surface area contributed by atoms with Gasteiger partial charge >= 0.3 is 0 Å². The van der Waals surface area contributed by atoms with Crippen molar-refractivity contribution in [2.24, 2.45) is 17.8 Å². The first-order chi connectivity index (χ1) is 20.2. The van der Waals surface area contributed by atoms with E-state index >= 15 is 0 Å². The van der Waals surface area contributed by atoms with E-state index in [9.17, 15) is 24.5 Å². The second-order valence-corrected chi connectivity index (χ2v) is 11.4. The maximum atomic E-state index is 14.6. The number of benzene rings is 3. The molecule has 4 atom stereocenters. The molecule has 0 bridgehead atoms. The second kappa shape index (κ2) is 9.05. The lowest BCUT2D eigenvalue weighted by Crippen LogP contribution is -2.50. The van der Waals surface area contributed by atoms with E-state index in [4.69, 9.17) is 9.72 Å². The minimum absolute atomic E-state index is 0.0425. The Morgan fingerprint density at radius 1 is 1.02 bits per heavy atom. The summed E-state index contributed by atoms with van der Waals surface area (Å²) in [7, 11) is 1.34. The molecule has 0 radical (unpaired) electrons. The SMILES string of the molecule is COc1cc([N+](=O)[O-])ccc1N1C(=O)[C@H]2[C@@H](CC(C)C)N[C@@]3(c4ccccc4-n4c3nc3ccccc3c4=O)[C@H]2C1=O. The maximum absolute atomic E-state index is 14.6. The van der Waals surface area contributed by atoms with Gasteiger partial charge in [0.2, 0.25) is 11.8 Å². The van der Waals surface area contributed by atoms with E-state index in [-0.39, 0.29) is 28.6 Å². The largest absolute Gasteiger partial charge is 0.494 e. The van der Waals surface area contributed by atoms with Gasteiger partial charge in [0.1, 0.15) is 17.1 Å². The summed E-state index contributed by atoms with van der Waals surface area (Å²) in [6.45, 7) is 4.10. The molecule has 3 aliphatic rings. The summed E-state index contributed by atoms with van der Waals surface area (Å²) in [6, 6.07) is 17.9. The van der Waals surface area contributed by atoms with Crippen molar-refractivity contribution in [2.75, 3.05) is 12.0 Å². The fraction of sp³-hybridized carbons (Fsp3) is 0.290. The van der Waals surface area contributed by atoms with Crippen LogP contribution in [0.3, 0.4) is 0 Å². The number of para-hydroxylation sites is 2. The number of hydrogen-bond donors (Lipinski definition) is 1. The number of amides is 2. The van der Waals surface area contributed by atoms with E-state index in [2.05, 4.69) is 5.32 Å². The Morgan fingerprint density at radius 3 is 2.50 bits per heavy atom. The molecule has 2 saturated heterocycles. The third-order valence-corrected chi connectivity index (χ3v) is 8.70. The van der Waals surface area contributed by atoms with Crippen molar-refractivity contribution in [1.29, 1.82) is 0 Å². The quantitative estimate of drug-likeness (QED) is 0.220. The molecule has 1 spiro atoms. The Kier molecular flexibility index (Phi) is 5.61. The van der Waals surface area contributed by atoms with Gasteiger partial charge in [0.15, 0.2) is 0 Å². The molecular weight excluding hydrogens is 538 g/mol. The van der Waals surface area contributed by atoms with Crippen molar-refractivity contribution < 1.29 is 19.2 Å². The van der Waals surface area contributed by atoms with Crippen molar-refractivity contribution in [3.05, 3.63) is 98.6 Å². The fourth-order valence-corrected chi connectivity index (χ4v) is 7.13. The first-order valence-corrected chi connectivity index (χ1v) is 13.8. The van der Waals surface area contributed by atoms with Gasteiger partial charge in [-0.25, -0.2) is 9.88 Å². The summed E-state index contributed by atoms with van der Waals surface area (Å²) in [5.74, 6) is -2.02. The zero-order valence-corrected chi connectivity index (χ0v) is 23.1. The number of carbonyl (C=O) groups excluding carboxylic acids is 2. The molecule has 2 fully saturated rings. The smallest absolute Gasteiger partial charge is 0.273 e. The van der Waals surface area contributed by atoms with Gasteiger partial charge in [-0.3, -0.25) is 34.4 Å². The summed E-state index contributed by atoms with van der Waals surface area (Å²) >= 11 is 0. The van der Waals surface area contributed by atoms with Crippen LogP contribution in [0.1, 0.15) is 31.7 Å². The molecule has 212 valence electrons. The Hall–Kier alpha value is -4.90. The Morgan fingerprint density at radius 2 is 1.76 bits per heavy atom. The van der Waals surface area contributed by atoms with Crippen molar-refractivity contribution >= 4 is 34.1 Å². The van der Waals surface area contributed by atoms with Crippen molar-refractivity contribution in [1.82, 2.24) is 14.9 Å². The van der Waals surface area contributed by atoms with Crippen LogP contribution in [-0.2, 0) is 15.1 Å². The number of anilines is 1. The number of nitro benzene ring substituents is 1. The lowest BCUT2D eigenvalue weighted by atomic mass is 9.75. The number of nitrogens with one attached hydrogen (secondary N) is 1. The average molecular weight is 566 g/mol. The molecule has 2 amide bonds. The number of nitro groups is 1. The van der Waals surface area contributed by atoms with Crippen LogP contribution in [0.2, 0.25) is 0 Å². The number of carbonyl (C=O) groups is 2. The number of fused-ring (bicyclic) bond motifs is 8. The molecule has 0 unspecified atom stereocenters. The van der Waals surface area contributed by atoms with E-state index < -0.39 is 40.2 Å². The van der Waals surface area contributed by atoms with E-state index in [0.29, 0.717) is 34.4 Å². The molecule has 0 aliphatic carbocycles. The number of imide groups is 1. The minimum Gasteiger partial charge on any atom is -0.494 e. The fourth-order valence-electron chi connectivity index (χ4n) is 7.13. The third kappa shape index (κ3) is 3.31. The number of rotatable bonds is 5. The van der Waals surface area contributed by atoms with Crippen LogP contribution in [0.4, 0.5) is 11.4 Å². The van der Waals surface area contributed by atoms with Gasteiger partial charge in [-0.1, -0.05) is 44.2 Å². The van der Waals surface area contributed by atoms with E-state index in [1.807, 2.05) is 38.1 Å². The molecule has 3 aliphatic heterocycles. The highest BCUT2D eigenvalue weighted by Gasteiger charge is 2.70. The Labute approximate surface area is 239 Å². The lowest BCUT2D eigenvalue weighted by molar-refractivity contribution is -0.384. The number of non-ortho nitro benzene ring substituents is 1. The van der Waals surface area contributed by atoms with Crippen molar-refractivity contribution in [3.63, 3.8) is 0 Å². The van der Waals surface area contributed by atoms with Crippen LogP contribution in [0, 0.1) is 27.9 Å². The second-order valence-electron chi connectivity index (χ2n) is 11.4. The predicted molar refractivity (Wildman–Crippen MR) is 154 cm³/mol. The standard InChI is InChI=1S/C31H27N5O6/c1-16(2)14-21-25-26(29(39)34(28(25)38)23-13-12-17(36(40)41)15-24(23)42-3)31(33-21)19-9-5-7-11-22(19)35-27(37)18-8-4-6-10-20(18)32-30(31)35/h4-13,15-16,21,25-26,33H,14H2,1-3H3/t21-,25+,26-,31+/m1/s1. The highest BCUT2D eigenvalue weighted by molar-refractivity contribution is 6.24. The molecule has 3 aromatic carbocycles. The summed E-state index contributed by atoms with van der Waals surface area (Å²) in [5.41, 5.74) is 0.206. The normalized spacial score (nSPS) is 24.0. The predicted octanol–water partition coefficient (Wildman–Crippen LogP) is 3.68. The maximum Gasteiger partial charge on any atom is 0.273 e. The van der Waals surface area contributed by atoms with E-state index in [0.717, 1.165) is 4.90 Å². The van der Waals surface area contributed by atoms with Gasteiger partial charge in [0.25, 0.3) is 11.2 Å². The first kappa shape index (κ1) is 26.0. The van der Waals surface area contributed by atoms with Gasteiger partial charge in [-0.2, -0.15) is 0 Å². The van der Waals surface area contributed by atoms with Crippen LogP contribution in [0.25, 0.3) is 16.6 Å². The monoisotopic (exact) mass is 565 g/mol. The molecule has 1 N–H and O–H groups in total. The van der Waals surface area contributed by atoms with Gasteiger partial charge in [0.05, 0.1) is 52.2 Å². The molecule has 4 heterocycles. The van der Waals surface area contributed by atoms with Crippen LogP contribution >= 0.6 is 0 Å². The van der Waals surface area contributed by atoms with E-state index in [1.54, 1.807) is 28.8 Å².